The fourth-order valence-corrected chi connectivity index (χ4v) is 6.92. The Morgan fingerprint density at radius 3 is 2.58 bits per heavy atom. The number of aromatic amines is 1. The fraction of sp³-hybridized carbons (Fsp3) is 0.389. The van der Waals surface area contributed by atoms with Crippen LogP contribution in [0.3, 0.4) is 0 Å². The summed E-state index contributed by atoms with van der Waals surface area (Å²) in [7, 11) is 3.30. The number of ether oxygens (including phenoxy) is 2. The Balaban J connectivity index is 1.10. The van der Waals surface area contributed by atoms with E-state index in [1.165, 1.54) is 7.11 Å². The normalized spacial score (nSPS) is 14.8. The predicted octanol–water partition coefficient (Wildman–Crippen LogP) is 7.50. The van der Waals surface area contributed by atoms with Crippen molar-refractivity contribution in [1.29, 1.82) is 0 Å². The number of fused-ring (bicyclic) bond motifs is 1. The zero-order valence-electron chi connectivity index (χ0n) is 28.7. The third-order valence-electron chi connectivity index (χ3n) is 9.35. The number of halogens is 5. The summed E-state index contributed by atoms with van der Waals surface area (Å²) in [5, 5.41) is 15.0. The van der Waals surface area contributed by atoms with Crippen molar-refractivity contribution in [2.24, 2.45) is 0 Å². The van der Waals surface area contributed by atoms with Crippen molar-refractivity contribution in [3.8, 4) is 17.0 Å². The van der Waals surface area contributed by atoms with E-state index < -0.39 is 13.0 Å². The molecular weight excluding hydrogens is 720 g/mol. The van der Waals surface area contributed by atoms with Crippen LogP contribution in [0.25, 0.3) is 22.3 Å². The Morgan fingerprint density at radius 2 is 1.87 bits per heavy atom. The van der Waals surface area contributed by atoms with E-state index >= 15 is 0 Å². The Bertz CT molecular complexity index is 1970. The van der Waals surface area contributed by atoms with Gasteiger partial charge in [-0.05, 0) is 73.8 Å². The number of methoxy groups -OCH3 is 1. The molecule has 3 aromatic carbocycles. The molecule has 2 N–H and O–H groups in total. The number of carbonyl (C=O) groups is 1. The average molecular weight is 760 g/mol. The van der Waals surface area contributed by atoms with Gasteiger partial charge in [-0.2, -0.15) is 15.4 Å². The third-order valence-corrected chi connectivity index (χ3v) is 10.1. The molecule has 0 aliphatic carbocycles. The van der Waals surface area contributed by atoms with E-state index in [0.717, 1.165) is 55.5 Å². The van der Waals surface area contributed by atoms with Gasteiger partial charge in [0.1, 0.15) is 11.4 Å². The van der Waals surface area contributed by atoms with Gasteiger partial charge in [-0.25, -0.2) is 4.98 Å². The first-order valence-electron chi connectivity index (χ1n) is 16.9. The Labute approximate surface area is 309 Å². The van der Waals surface area contributed by atoms with Gasteiger partial charge in [0.2, 0.25) is 5.95 Å². The number of hydrogen-bond donors (Lipinski definition) is 2. The summed E-state index contributed by atoms with van der Waals surface area (Å²) in [6, 6.07) is 18.4. The molecule has 16 heteroatoms. The summed E-state index contributed by atoms with van der Waals surface area (Å²) in [4.78, 5) is 22.6. The SMILES string of the molecule is COc1ccc(-c2cn[nH]n2)cc1C(=O)N(C)CC(CCN1CCC(Nc2nc3ccccc3n2CCOC(F)(F)F)CC1)c1ccc(Cl)c(Cl)c1. The molecule has 1 aliphatic heterocycles. The molecule has 0 bridgehead atoms. The molecule has 1 aliphatic rings. The number of aromatic nitrogens is 5. The number of alkyl halides is 3. The molecule has 1 amide bonds. The molecule has 0 radical (unpaired) electrons. The number of hydrogen-bond acceptors (Lipinski definition) is 8. The van der Waals surface area contributed by atoms with Gasteiger partial charge in [-0.15, -0.1) is 13.2 Å². The van der Waals surface area contributed by atoms with Crippen molar-refractivity contribution < 1.29 is 27.4 Å². The highest BCUT2D eigenvalue weighted by atomic mass is 35.5. The van der Waals surface area contributed by atoms with Gasteiger partial charge < -0.3 is 24.4 Å². The maximum Gasteiger partial charge on any atom is 0.522 e. The molecule has 11 nitrogen and oxygen atoms in total. The number of nitrogens with one attached hydrogen (secondary N) is 2. The van der Waals surface area contributed by atoms with Crippen LogP contribution in [0, 0.1) is 0 Å². The van der Waals surface area contributed by atoms with Crippen LogP contribution in [0.1, 0.15) is 41.1 Å². The van der Waals surface area contributed by atoms with Crippen molar-refractivity contribution in [2.75, 3.05) is 52.3 Å². The number of likely N-dealkylation sites (N-methyl/N-ethyl adjacent to an activating group) is 1. The van der Waals surface area contributed by atoms with Crippen LogP contribution < -0.4 is 10.1 Å². The second-order valence-electron chi connectivity index (χ2n) is 12.7. The van der Waals surface area contributed by atoms with Gasteiger partial charge in [-0.1, -0.05) is 41.4 Å². The van der Waals surface area contributed by atoms with Gasteiger partial charge >= 0.3 is 6.36 Å². The molecule has 1 saturated heterocycles. The van der Waals surface area contributed by atoms with E-state index in [0.29, 0.717) is 45.1 Å². The van der Waals surface area contributed by atoms with Crippen LogP contribution in [0.15, 0.2) is 66.9 Å². The summed E-state index contributed by atoms with van der Waals surface area (Å²) in [5.41, 5.74) is 4.18. The van der Waals surface area contributed by atoms with Crippen molar-refractivity contribution in [2.45, 2.75) is 44.1 Å². The lowest BCUT2D eigenvalue weighted by atomic mass is 9.93. The van der Waals surface area contributed by atoms with Crippen LogP contribution >= 0.6 is 23.2 Å². The molecule has 2 aromatic heterocycles. The van der Waals surface area contributed by atoms with E-state index in [1.807, 2.05) is 42.5 Å². The zero-order chi connectivity index (χ0) is 36.8. The summed E-state index contributed by atoms with van der Waals surface area (Å²) in [6.45, 7) is 2.31. The smallest absolute Gasteiger partial charge is 0.496 e. The highest BCUT2D eigenvalue weighted by molar-refractivity contribution is 6.42. The molecule has 6 rings (SSSR count). The topological polar surface area (TPSA) is 113 Å². The molecular formula is C36H39Cl2F3N8O3. The second-order valence-corrected chi connectivity index (χ2v) is 13.6. The molecule has 3 heterocycles. The molecule has 0 spiro atoms. The van der Waals surface area contributed by atoms with Gasteiger partial charge in [0.25, 0.3) is 5.91 Å². The van der Waals surface area contributed by atoms with Crippen LogP contribution in [0.4, 0.5) is 19.1 Å². The molecule has 5 aromatic rings. The van der Waals surface area contributed by atoms with E-state index in [4.69, 9.17) is 27.9 Å². The van der Waals surface area contributed by atoms with E-state index in [1.54, 1.807) is 40.9 Å². The number of nitrogens with zero attached hydrogens (tertiary/aromatic N) is 6. The number of likely N-dealkylation sites (tertiary alicyclic amines) is 1. The highest BCUT2D eigenvalue weighted by Gasteiger charge is 2.29. The maximum absolute atomic E-state index is 13.9. The summed E-state index contributed by atoms with van der Waals surface area (Å²) < 4.78 is 49.4. The number of rotatable bonds is 14. The zero-order valence-corrected chi connectivity index (χ0v) is 30.2. The summed E-state index contributed by atoms with van der Waals surface area (Å²) >= 11 is 12.7. The Morgan fingerprint density at radius 1 is 1.08 bits per heavy atom. The number of piperidine rings is 1. The molecule has 1 unspecified atom stereocenters. The summed E-state index contributed by atoms with van der Waals surface area (Å²) in [6.07, 6.45) is -0.717. The van der Waals surface area contributed by atoms with E-state index in [2.05, 4.69) is 35.3 Å². The minimum absolute atomic E-state index is 0.00800. The van der Waals surface area contributed by atoms with Gasteiger partial charge in [0, 0.05) is 50.7 Å². The second kappa shape index (κ2) is 16.5. The van der Waals surface area contributed by atoms with Crippen LogP contribution in [0.5, 0.6) is 5.75 Å². The quantitative estimate of drug-likeness (QED) is 0.120. The van der Waals surface area contributed by atoms with Crippen molar-refractivity contribution >= 4 is 46.1 Å². The standard InChI is InChI=1S/C36H39Cl2F3N8O3/c1-47(34(50)27-19-24(8-10-33(27)51-2)31-21-42-46-45-31)22-25(23-7-9-28(37)29(38)20-23)11-14-48-15-12-26(13-16-48)43-35-44-30-5-3-4-6-32(30)49(35)17-18-52-36(39,40)41/h3-10,19-21,25-26H,11-18,22H2,1-2H3,(H,43,44)(H,42,45,46). The van der Waals surface area contributed by atoms with Crippen molar-refractivity contribution in [3.63, 3.8) is 0 Å². The van der Waals surface area contributed by atoms with E-state index in [-0.39, 0.29) is 24.4 Å². The van der Waals surface area contributed by atoms with Crippen molar-refractivity contribution in [1.82, 2.24) is 34.8 Å². The molecule has 0 saturated carbocycles. The van der Waals surface area contributed by atoms with Crippen LogP contribution in [0.2, 0.25) is 10.0 Å². The Kier molecular flexibility index (Phi) is 11.9. The fourth-order valence-electron chi connectivity index (χ4n) is 6.61. The minimum Gasteiger partial charge on any atom is -0.496 e. The largest absolute Gasteiger partial charge is 0.522 e. The maximum atomic E-state index is 13.9. The first-order valence-corrected chi connectivity index (χ1v) is 17.6. The lowest BCUT2D eigenvalue weighted by molar-refractivity contribution is -0.325. The molecule has 1 fully saturated rings. The molecule has 276 valence electrons. The van der Waals surface area contributed by atoms with Gasteiger partial charge in [0.05, 0.1) is 46.6 Å². The highest BCUT2D eigenvalue weighted by Crippen LogP contribution is 2.32. The number of benzene rings is 3. The summed E-state index contributed by atoms with van der Waals surface area (Å²) in [5.74, 6) is 0.733. The number of carbonyl (C=O) groups excluding carboxylic acids is 1. The number of imidazole rings is 1. The van der Waals surface area contributed by atoms with Crippen LogP contribution in [-0.2, 0) is 11.3 Å². The minimum atomic E-state index is -4.70. The number of amides is 1. The first-order chi connectivity index (χ1) is 25.0. The van der Waals surface area contributed by atoms with Gasteiger partial charge in [-0.3, -0.25) is 9.53 Å². The molecule has 52 heavy (non-hydrogen) atoms. The average Bonchev–Trinajstić information content (AvgIpc) is 3.79. The van der Waals surface area contributed by atoms with Gasteiger partial charge in [0.15, 0.2) is 0 Å². The monoisotopic (exact) mass is 758 g/mol. The predicted molar refractivity (Wildman–Crippen MR) is 194 cm³/mol. The van der Waals surface area contributed by atoms with Crippen molar-refractivity contribution in [3.05, 3.63) is 88.0 Å². The number of anilines is 1. The third kappa shape index (κ3) is 9.16. The van der Waals surface area contributed by atoms with E-state index in [9.17, 15) is 18.0 Å². The number of H-pyrrole nitrogens is 1. The molecule has 1 atom stereocenters. The lowest BCUT2D eigenvalue weighted by Crippen LogP contribution is -2.41. The Hall–Kier alpha value is -4.37. The number of para-hydroxylation sites is 2. The first kappa shape index (κ1) is 37.4. The van der Waals surface area contributed by atoms with Crippen LogP contribution in [-0.4, -0.2) is 100 Å². The lowest BCUT2D eigenvalue weighted by Gasteiger charge is -2.34.